The van der Waals surface area contributed by atoms with Crippen molar-refractivity contribution in [2.75, 3.05) is 39.4 Å². The molecule has 31 heavy (non-hydrogen) atoms. The SMILES string of the molecule is CCNC(=NCC1(c2ccc(F)cc2)CCOCC1)NCCCNC(=O)OC(C)(C)C. The van der Waals surface area contributed by atoms with Crippen molar-refractivity contribution in [2.24, 2.45) is 4.99 Å². The first kappa shape index (κ1) is 24.9. The van der Waals surface area contributed by atoms with E-state index in [0.29, 0.717) is 32.8 Å². The number of hydrogen-bond acceptors (Lipinski definition) is 4. The number of nitrogens with one attached hydrogen (secondary N) is 3. The molecule has 174 valence electrons. The van der Waals surface area contributed by atoms with Gasteiger partial charge in [0.15, 0.2) is 5.96 Å². The van der Waals surface area contributed by atoms with E-state index in [9.17, 15) is 9.18 Å². The van der Waals surface area contributed by atoms with Crippen molar-refractivity contribution in [1.29, 1.82) is 0 Å². The fourth-order valence-corrected chi connectivity index (χ4v) is 3.48. The summed E-state index contributed by atoms with van der Waals surface area (Å²) in [6, 6.07) is 6.74. The zero-order valence-corrected chi connectivity index (χ0v) is 19.2. The molecule has 0 saturated carbocycles. The van der Waals surface area contributed by atoms with Gasteiger partial charge in [0.1, 0.15) is 11.4 Å². The van der Waals surface area contributed by atoms with Gasteiger partial charge in [-0.3, -0.25) is 4.99 Å². The standard InChI is InChI=1S/C23H37FN4O3/c1-5-25-20(26-13-6-14-27-21(29)31-22(2,3)4)28-17-23(11-15-30-16-12-23)18-7-9-19(24)10-8-18/h7-10H,5-6,11-17H2,1-4H3,(H,27,29)(H2,25,26,28). The Hall–Kier alpha value is -2.35. The predicted octanol–water partition coefficient (Wildman–Crippen LogP) is 3.34. The van der Waals surface area contributed by atoms with Crippen molar-refractivity contribution in [3.63, 3.8) is 0 Å². The van der Waals surface area contributed by atoms with Gasteiger partial charge in [-0.1, -0.05) is 12.1 Å². The molecule has 0 spiro atoms. The van der Waals surface area contributed by atoms with Crippen LogP contribution in [0.15, 0.2) is 29.3 Å². The molecule has 1 aliphatic rings. The highest BCUT2D eigenvalue weighted by atomic mass is 19.1. The van der Waals surface area contributed by atoms with Crippen molar-refractivity contribution in [3.8, 4) is 0 Å². The van der Waals surface area contributed by atoms with Crippen molar-refractivity contribution in [3.05, 3.63) is 35.6 Å². The lowest BCUT2D eigenvalue weighted by Crippen LogP contribution is -2.42. The molecule has 1 aromatic carbocycles. The van der Waals surface area contributed by atoms with Gasteiger partial charge in [-0.15, -0.1) is 0 Å². The van der Waals surface area contributed by atoms with E-state index in [4.69, 9.17) is 14.5 Å². The summed E-state index contributed by atoms with van der Waals surface area (Å²) in [5.41, 5.74) is 0.433. The minimum atomic E-state index is -0.502. The summed E-state index contributed by atoms with van der Waals surface area (Å²) in [5, 5.41) is 9.34. The number of carbonyl (C=O) groups is 1. The molecule has 7 nitrogen and oxygen atoms in total. The molecule has 3 N–H and O–H groups in total. The lowest BCUT2D eigenvalue weighted by molar-refractivity contribution is 0.0524. The third kappa shape index (κ3) is 8.73. The Balaban J connectivity index is 1.91. The lowest BCUT2D eigenvalue weighted by atomic mass is 9.74. The Morgan fingerprint density at radius 1 is 1.13 bits per heavy atom. The molecule has 1 heterocycles. The van der Waals surface area contributed by atoms with Crippen LogP contribution in [0, 0.1) is 5.82 Å². The van der Waals surface area contributed by atoms with E-state index in [2.05, 4.69) is 16.0 Å². The van der Waals surface area contributed by atoms with Crippen LogP contribution in [0.5, 0.6) is 0 Å². The van der Waals surface area contributed by atoms with Gasteiger partial charge in [-0.2, -0.15) is 0 Å². The Morgan fingerprint density at radius 3 is 2.39 bits per heavy atom. The van der Waals surface area contributed by atoms with Gasteiger partial charge in [0.25, 0.3) is 0 Å². The lowest BCUT2D eigenvalue weighted by Gasteiger charge is -2.36. The highest BCUT2D eigenvalue weighted by Crippen LogP contribution is 2.35. The second kappa shape index (κ2) is 11.9. The number of halogens is 1. The second-order valence-corrected chi connectivity index (χ2v) is 8.80. The van der Waals surface area contributed by atoms with Gasteiger partial charge in [0.05, 0.1) is 6.54 Å². The molecule has 0 bridgehead atoms. The number of ether oxygens (including phenoxy) is 2. The summed E-state index contributed by atoms with van der Waals surface area (Å²) >= 11 is 0. The molecular weight excluding hydrogens is 399 g/mol. The van der Waals surface area contributed by atoms with Crippen molar-refractivity contribution >= 4 is 12.1 Å². The number of nitrogens with zero attached hydrogens (tertiary/aromatic N) is 1. The molecule has 0 aliphatic carbocycles. The fraction of sp³-hybridized carbons (Fsp3) is 0.652. The van der Waals surface area contributed by atoms with Crippen molar-refractivity contribution in [1.82, 2.24) is 16.0 Å². The quantitative estimate of drug-likeness (QED) is 0.331. The monoisotopic (exact) mass is 436 g/mol. The minimum Gasteiger partial charge on any atom is -0.444 e. The minimum absolute atomic E-state index is 0.160. The highest BCUT2D eigenvalue weighted by Gasteiger charge is 2.34. The zero-order chi connectivity index (χ0) is 22.7. The third-order valence-electron chi connectivity index (χ3n) is 5.10. The molecule has 1 aliphatic heterocycles. The molecule has 0 atom stereocenters. The van der Waals surface area contributed by atoms with Crippen LogP contribution in [0.3, 0.4) is 0 Å². The molecule has 1 amide bonds. The van der Waals surface area contributed by atoms with Crippen LogP contribution in [-0.2, 0) is 14.9 Å². The van der Waals surface area contributed by atoms with Crippen LogP contribution >= 0.6 is 0 Å². The van der Waals surface area contributed by atoms with Gasteiger partial charge in [0.2, 0.25) is 0 Å². The largest absolute Gasteiger partial charge is 0.444 e. The van der Waals surface area contributed by atoms with Crippen LogP contribution < -0.4 is 16.0 Å². The number of amides is 1. The summed E-state index contributed by atoms with van der Waals surface area (Å²) in [5.74, 6) is 0.497. The van der Waals surface area contributed by atoms with E-state index in [-0.39, 0.29) is 11.2 Å². The van der Waals surface area contributed by atoms with Crippen LogP contribution in [0.4, 0.5) is 9.18 Å². The highest BCUT2D eigenvalue weighted by molar-refractivity contribution is 5.79. The average molecular weight is 437 g/mol. The Labute approximate surface area is 185 Å². The van der Waals surface area contributed by atoms with Gasteiger partial charge in [-0.25, -0.2) is 9.18 Å². The maximum atomic E-state index is 13.4. The van der Waals surface area contributed by atoms with E-state index in [1.165, 1.54) is 12.1 Å². The molecular formula is C23H37FN4O3. The van der Waals surface area contributed by atoms with Crippen molar-refractivity contribution < 1.29 is 18.7 Å². The topological polar surface area (TPSA) is 84.0 Å². The molecule has 1 aromatic rings. The van der Waals surface area contributed by atoms with E-state index in [0.717, 1.165) is 37.3 Å². The van der Waals surface area contributed by atoms with E-state index in [1.54, 1.807) is 0 Å². The maximum Gasteiger partial charge on any atom is 0.407 e. The molecule has 1 saturated heterocycles. The predicted molar refractivity (Wildman–Crippen MR) is 121 cm³/mol. The average Bonchev–Trinajstić information content (AvgIpc) is 2.71. The van der Waals surface area contributed by atoms with E-state index in [1.807, 2.05) is 39.8 Å². The first-order valence-electron chi connectivity index (χ1n) is 11.1. The van der Waals surface area contributed by atoms with Gasteiger partial charge in [-0.05, 0) is 64.7 Å². The Kier molecular flexibility index (Phi) is 9.55. The maximum absolute atomic E-state index is 13.4. The van der Waals surface area contributed by atoms with Gasteiger partial charge < -0.3 is 25.4 Å². The van der Waals surface area contributed by atoms with Crippen LogP contribution in [-0.4, -0.2) is 57.0 Å². The molecule has 0 radical (unpaired) electrons. The number of aliphatic imine (C=N–C) groups is 1. The first-order valence-corrected chi connectivity index (χ1v) is 11.1. The fourth-order valence-electron chi connectivity index (χ4n) is 3.48. The molecule has 2 rings (SSSR count). The third-order valence-corrected chi connectivity index (χ3v) is 5.10. The Bertz CT molecular complexity index is 711. The number of guanidine groups is 1. The summed E-state index contributed by atoms with van der Waals surface area (Å²) in [7, 11) is 0. The van der Waals surface area contributed by atoms with Crippen LogP contribution in [0.2, 0.25) is 0 Å². The summed E-state index contributed by atoms with van der Waals surface area (Å²) < 4.78 is 24.2. The summed E-state index contributed by atoms with van der Waals surface area (Å²) in [6.45, 7) is 11.4. The normalized spacial score (nSPS) is 16.5. The van der Waals surface area contributed by atoms with Crippen LogP contribution in [0.25, 0.3) is 0 Å². The van der Waals surface area contributed by atoms with Crippen molar-refractivity contribution in [2.45, 2.75) is 58.0 Å². The first-order chi connectivity index (χ1) is 14.7. The number of hydrogen-bond donors (Lipinski definition) is 3. The zero-order valence-electron chi connectivity index (χ0n) is 19.2. The molecule has 1 fully saturated rings. The van der Waals surface area contributed by atoms with E-state index >= 15 is 0 Å². The number of carbonyl (C=O) groups excluding carboxylic acids is 1. The van der Waals surface area contributed by atoms with Gasteiger partial charge >= 0.3 is 6.09 Å². The van der Waals surface area contributed by atoms with E-state index < -0.39 is 11.7 Å². The van der Waals surface area contributed by atoms with Gasteiger partial charge in [0, 0.05) is 38.3 Å². The Morgan fingerprint density at radius 2 is 1.77 bits per heavy atom. The smallest absolute Gasteiger partial charge is 0.407 e. The molecule has 8 heteroatoms. The molecule has 0 aromatic heterocycles. The second-order valence-electron chi connectivity index (χ2n) is 8.80. The number of rotatable bonds is 8. The number of benzene rings is 1. The molecule has 0 unspecified atom stereocenters. The summed E-state index contributed by atoms with van der Waals surface area (Å²) in [4.78, 5) is 16.5. The summed E-state index contributed by atoms with van der Waals surface area (Å²) in [6.07, 6.45) is 2.03. The van der Waals surface area contributed by atoms with Crippen LogP contribution in [0.1, 0.15) is 52.5 Å². The number of alkyl carbamates (subject to hydrolysis) is 1.